The number of unbranched alkanes of at least 4 members (excludes halogenated alkanes) is 1. The van der Waals surface area contributed by atoms with Crippen LogP contribution in [0.4, 0.5) is 10.1 Å². The average Bonchev–Trinajstić information content (AvgIpc) is 2.56. The second kappa shape index (κ2) is 9.23. The van der Waals surface area contributed by atoms with Gasteiger partial charge in [0.15, 0.2) is 0 Å². The van der Waals surface area contributed by atoms with Crippen LogP contribution in [0.2, 0.25) is 0 Å². The Morgan fingerprint density at radius 2 is 2.00 bits per heavy atom. The molecule has 3 nitrogen and oxygen atoms in total. The highest BCUT2D eigenvalue weighted by Crippen LogP contribution is 2.21. The molecular formula is C19H19BrFNO2. The third kappa shape index (κ3) is 5.81. The summed E-state index contributed by atoms with van der Waals surface area (Å²) in [6.45, 7) is 2.40. The van der Waals surface area contributed by atoms with E-state index in [1.165, 1.54) is 18.2 Å². The molecule has 0 bridgehead atoms. The van der Waals surface area contributed by atoms with Gasteiger partial charge in [0.1, 0.15) is 5.82 Å². The molecule has 0 saturated heterocycles. The van der Waals surface area contributed by atoms with Gasteiger partial charge in [-0.1, -0.05) is 41.4 Å². The number of rotatable bonds is 7. The van der Waals surface area contributed by atoms with Crippen molar-refractivity contribution in [2.24, 2.45) is 0 Å². The Morgan fingerprint density at radius 1 is 1.25 bits per heavy atom. The van der Waals surface area contributed by atoms with Crippen LogP contribution in [0.25, 0.3) is 5.70 Å². The van der Waals surface area contributed by atoms with Gasteiger partial charge in [0.2, 0.25) is 0 Å². The molecule has 24 heavy (non-hydrogen) atoms. The molecule has 0 unspecified atom stereocenters. The van der Waals surface area contributed by atoms with Crippen molar-refractivity contribution < 1.29 is 13.9 Å². The highest BCUT2D eigenvalue weighted by atomic mass is 79.9. The second-order valence-electron chi connectivity index (χ2n) is 5.22. The van der Waals surface area contributed by atoms with Gasteiger partial charge in [-0.05, 0) is 42.8 Å². The predicted octanol–water partition coefficient (Wildman–Crippen LogP) is 5.38. The molecule has 0 heterocycles. The number of anilines is 1. The summed E-state index contributed by atoms with van der Waals surface area (Å²) in [6, 6.07) is 13.6. The number of esters is 1. The molecule has 0 radical (unpaired) electrons. The molecular weight excluding hydrogens is 373 g/mol. The van der Waals surface area contributed by atoms with E-state index < -0.39 is 5.97 Å². The lowest BCUT2D eigenvalue weighted by Gasteiger charge is -2.12. The summed E-state index contributed by atoms with van der Waals surface area (Å²) in [4.78, 5) is 12.0. The SMILES string of the molecule is CCCCOC(=O)/C=C(/Nc1ccc(Br)cc1)c1cccc(F)c1. The summed E-state index contributed by atoms with van der Waals surface area (Å²) in [6.07, 6.45) is 3.12. The molecule has 0 aromatic heterocycles. The zero-order valence-electron chi connectivity index (χ0n) is 13.4. The maximum absolute atomic E-state index is 13.5. The van der Waals surface area contributed by atoms with Gasteiger partial charge >= 0.3 is 5.97 Å². The van der Waals surface area contributed by atoms with Gasteiger partial charge in [-0.3, -0.25) is 0 Å². The molecule has 2 aromatic carbocycles. The summed E-state index contributed by atoms with van der Waals surface area (Å²) in [5.74, 6) is -0.817. The molecule has 2 rings (SSSR count). The molecule has 0 aliphatic carbocycles. The van der Waals surface area contributed by atoms with Crippen LogP contribution >= 0.6 is 15.9 Å². The largest absolute Gasteiger partial charge is 0.462 e. The Labute approximate surface area is 149 Å². The van der Waals surface area contributed by atoms with Crippen LogP contribution in [0.5, 0.6) is 0 Å². The maximum Gasteiger partial charge on any atom is 0.332 e. The molecule has 2 aromatic rings. The molecule has 5 heteroatoms. The fourth-order valence-electron chi connectivity index (χ4n) is 2.01. The Bertz CT molecular complexity index is 714. The smallest absolute Gasteiger partial charge is 0.332 e. The van der Waals surface area contributed by atoms with E-state index in [0.29, 0.717) is 17.9 Å². The van der Waals surface area contributed by atoms with E-state index in [0.717, 1.165) is 23.0 Å². The minimum absolute atomic E-state index is 0.365. The van der Waals surface area contributed by atoms with Crippen molar-refractivity contribution in [3.63, 3.8) is 0 Å². The number of hydrogen-bond acceptors (Lipinski definition) is 3. The van der Waals surface area contributed by atoms with Crippen molar-refractivity contribution in [1.29, 1.82) is 0 Å². The highest BCUT2D eigenvalue weighted by molar-refractivity contribution is 9.10. The summed E-state index contributed by atoms with van der Waals surface area (Å²) in [5.41, 5.74) is 1.85. The van der Waals surface area contributed by atoms with Gasteiger partial charge in [-0.15, -0.1) is 0 Å². The number of carbonyl (C=O) groups excluding carboxylic acids is 1. The summed E-state index contributed by atoms with van der Waals surface area (Å²) >= 11 is 3.38. The number of carbonyl (C=O) groups is 1. The van der Waals surface area contributed by atoms with E-state index in [-0.39, 0.29) is 5.82 Å². The van der Waals surface area contributed by atoms with E-state index in [2.05, 4.69) is 21.2 Å². The number of hydrogen-bond donors (Lipinski definition) is 1. The van der Waals surface area contributed by atoms with Crippen LogP contribution in [-0.2, 0) is 9.53 Å². The lowest BCUT2D eigenvalue weighted by Crippen LogP contribution is -2.07. The topological polar surface area (TPSA) is 38.3 Å². The van der Waals surface area contributed by atoms with E-state index in [1.807, 2.05) is 31.2 Å². The van der Waals surface area contributed by atoms with E-state index in [9.17, 15) is 9.18 Å². The van der Waals surface area contributed by atoms with E-state index in [1.54, 1.807) is 12.1 Å². The first-order valence-electron chi connectivity index (χ1n) is 7.75. The predicted molar refractivity (Wildman–Crippen MR) is 98.0 cm³/mol. The molecule has 0 fully saturated rings. The molecule has 0 atom stereocenters. The number of halogens is 2. The average molecular weight is 392 g/mol. The summed E-state index contributed by atoms with van der Waals surface area (Å²) < 4.78 is 19.6. The maximum atomic E-state index is 13.5. The van der Waals surface area contributed by atoms with Crippen molar-refractivity contribution in [2.75, 3.05) is 11.9 Å². The molecule has 0 aliphatic rings. The Morgan fingerprint density at radius 3 is 2.67 bits per heavy atom. The van der Waals surface area contributed by atoms with Crippen LogP contribution in [0.3, 0.4) is 0 Å². The van der Waals surface area contributed by atoms with Gasteiger partial charge in [-0.2, -0.15) is 0 Å². The van der Waals surface area contributed by atoms with Crippen LogP contribution in [0, 0.1) is 5.82 Å². The quantitative estimate of drug-likeness (QED) is 0.390. The minimum Gasteiger partial charge on any atom is -0.462 e. The molecule has 126 valence electrons. The van der Waals surface area contributed by atoms with E-state index in [4.69, 9.17) is 4.74 Å². The second-order valence-corrected chi connectivity index (χ2v) is 6.14. The Hall–Kier alpha value is -2.14. The van der Waals surface area contributed by atoms with Gasteiger partial charge in [0, 0.05) is 21.8 Å². The van der Waals surface area contributed by atoms with Crippen LogP contribution in [-0.4, -0.2) is 12.6 Å². The first kappa shape index (κ1) is 18.2. The van der Waals surface area contributed by atoms with Crippen molar-refractivity contribution >= 4 is 33.3 Å². The minimum atomic E-state index is -0.452. The third-order valence-corrected chi connectivity index (χ3v) is 3.79. The molecule has 1 N–H and O–H groups in total. The normalized spacial score (nSPS) is 11.2. The highest BCUT2D eigenvalue weighted by Gasteiger charge is 2.08. The summed E-state index contributed by atoms with van der Waals surface area (Å²) in [7, 11) is 0. The fourth-order valence-corrected chi connectivity index (χ4v) is 2.28. The Balaban J connectivity index is 2.23. The van der Waals surface area contributed by atoms with Gasteiger partial charge in [-0.25, -0.2) is 9.18 Å². The first-order chi connectivity index (χ1) is 11.6. The Kier molecular flexibility index (Phi) is 7.00. The van der Waals surface area contributed by atoms with E-state index >= 15 is 0 Å². The lowest BCUT2D eigenvalue weighted by molar-refractivity contribution is -0.137. The summed E-state index contributed by atoms with van der Waals surface area (Å²) in [5, 5.41) is 3.14. The fraction of sp³-hybridized carbons (Fsp3) is 0.211. The number of benzene rings is 2. The lowest BCUT2D eigenvalue weighted by atomic mass is 10.1. The van der Waals surface area contributed by atoms with Gasteiger partial charge in [0.05, 0.1) is 12.3 Å². The van der Waals surface area contributed by atoms with Gasteiger partial charge in [0.25, 0.3) is 0 Å². The first-order valence-corrected chi connectivity index (χ1v) is 8.55. The van der Waals surface area contributed by atoms with Gasteiger partial charge < -0.3 is 10.1 Å². The zero-order chi connectivity index (χ0) is 17.4. The zero-order valence-corrected chi connectivity index (χ0v) is 15.0. The number of nitrogens with one attached hydrogen (secondary N) is 1. The molecule has 0 amide bonds. The van der Waals surface area contributed by atoms with Crippen molar-refractivity contribution in [3.05, 3.63) is 70.5 Å². The van der Waals surface area contributed by atoms with Crippen molar-refractivity contribution in [1.82, 2.24) is 0 Å². The monoisotopic (exact) mass is 391 g/mol. The third-order valence-electron chi connectivity index (χ3n) is 3.26. The number of ether oxygens (including phenoxy) is 1. The van der Waals surface area contributed by atoms with Crippen LogP contribution < -0.4 is 5.32 Å². The van der Waals surface area contributed by atoms with Crippen molar-refractivity contribution in [2.45, 2.75) is 19.8 Å². The van der Waals surface area contributed by atoms with Crippen molar-refractivity contribution in [3.8, 4) is 0 Å². The molecule has 0 spiro atoms. The molecule has 0 saturated carbocycles. The standard InChI is InChI=1S/C19H19BrFNO2/c1-2-3-11-24-19(23)13-18(14-5-4-6-16(21)12-14)22-17-9-7-15(20)8-10-17/h4-10,12-13,22H,2-3,11H2,1H3/b18-13+. The van der Waals surface area contributed by atoms with Crippen LogP contribution in [0.15, 0.2) is 59.1 Å². The molecule has 0 aliphatic heterocycles. The van der Waals surface area contributed by atoms with Crippen LogP contribution in [0.1, 0.15) is 25.3 Å².